The number of pyridine rings is 1. The molecule has 16 heavy (non-hydrogen) atoms. The van der Waals surface area contributed by atoms with Gasteiger partial charge in [-0.2, -0.15) is 0 Å². The lowest BCUT2D eigenvalue weighted by atomic mass is 9.93. The van der Waals surface area contributed by atoms with Crippen molar-refractivity contribution in [1.29, 1.82) is 0 Å². The fourth-order valence-corrected chi connectivity index (χ4v) is 2.39. The quantitative estimate of drug-likeness (QED) is 0.840. The molecule has 0 spiro atoms. The summed E-state index contributed by atoms with van der Waals surface area (Å²) in [6, 6.07) is 6.28. The number of aryl methyl sites for hydroxylation is 1. The summed E-state index contributed by atoms with van der Waals surface area (Å²) in [6.07, 6.45) is 2.33. The first-order valence-electron chi connectivity index (χ1n) is 6.06. The number of aliphatic hydroxyl groups is 1. The average molecular weight is 220 g/mol. The minimum atomic E-state index is 0.271. The fraction of sp³-hybridized carbons (Fsp3) is 0.615. The van der Waals surface area contributed by atoms with E-state index in [0.717, 1.165) is 38.2 Å². The Morgan fingerprint density at radius 2 is 2.12 bits per heavy atom. The van der Waals surface area contributed by atoms with Gasteiger partial charge in [-0.15, -0.1) is 0 Å². The number of likely N-dealkylation sites (tertiary alicyclic amines) is 1. The van der Waals surface area contributed by atoms with Gasteiger partial charge in [-0.1, -0.05) is 6.07 Å². The predicted molar refractivity (Wildman–Crippen MR) is 64.5 cm³/mol. The van der Waals surface area contributed by atoms with Crippen LogP contribution < -0.4 is 0 Å². The van der Waals surface area contributed by atoms with E-state index in [1.165, 1.54) is 5.69 Å². The van der Waals surface area contributed by atoms with E-state index in [9.17, 15) is 0 Å². The zero-order chi connectivity index (χ0) is 11.4. The van der Waals surface area contributed by atoms with Gasteiger partial charge in [-0.25, -0.2) is 0 Å². The third kappa shape index (κ3) is 2.80. The first kappa shape index (κ1) is 11.6. The molecule has 0 unspecified atom stereocenters. The highest BCUT2D eigenvalue weighted by Crippen LogP contribution is 2.26. The van der Waals surface area contributed by atoms with Gasteiger partial charge < -0.3 is 10.0 Å². The largest absolute Gasteiger partial charge is 0.395 e. The third-order valence-corrected chi connectivity index (χ3v) is 3.33. The van der Waals surface area contributed by atoms with Crippen molar-refractivity contribution in [3.8, 4) is 0 Å². The highest BCUT2D eigenvalue weighted by molar-refractivity contribution is 5.14. The van der Waals surface area contributed by atoms with Crippen molar-refractivity contribution in [3.63, 3.8) is 0 Å². The topological polar surface area (TPSA) is 36.4 Å². The molecule has 1 fully saturated rings. The minimum Gasteiger partial charge on any atom is -0.395 e. The van der Waals surface area contributed by atoms with Crippen LogP contribution in [0.5, 0.6) is 0 Å². The van der Waals surface area contributed by atoms with Crippen LogP contribution in [0.4, 0.5) is 0 Å². The normalized spacial score (nSPS) is 18.9. The minimum absolute atomic E-state index is 0.271. The lowest BCUT2D eigenvalue weighted by Gasteiger charge is -2.31. The SMILES string of the molecule is Cc1cccc(C2CCN(CCO)CC2)n1. The van der Waals surface area contributed by atoms with Gasteiger partial charge in [0, 0.05) is 23.9 Å². The molecule has 88 valence electrons. The fourth-order valence-electron chi connectivity index (χ4n) is 2.39. The second-order valence-corrected chi connectivity index (χ2v) is 4.54. The molecule has 0 bridgehead atoms. The second-order valence-electron chi connectivity index (χ2n) is 4.54. The van der Waals surface area contributed by atoms with Gasteiger partial charge in [-0.3, -0.25) is 4.98 Å². The monoisotopic (exact) mass is 220 g/mol. The van der Waals surface area contributed by atoms with Crippen molar-refractivity contribution in [3.05, 3.63) is 29.6 Å². The predicted octanol–water partition coefficient (Wildman–Crippen LogP) is 1.56. The Balaban J connectivity index is 1.94. The Labute approximate surface area is 97.1 Å². The van der Waals surface area contributed by atoms with Crippen LogP contribution in [0.1, 0.15) is 30.1 Å². The first-order chi connectivity index (χ1) is 7.79. The van der Waals surface area contributed by atoms with Crippen molar-refractivity contribution in [1.82, 2.24) is 9.88 Å². The van der Waals surface area contributed by atoms with E-state index in [4.69, 9.17) is 5.11 Å². The van der Waals surface area contributed by atoms with Crippen molar-refractivity contribution < 1.29 is 5.11 Å². The van der Waals surface area contributed by atoms with E-state index in [-0.39, 0.29) is 6.61 Å². The van der Waals surface area contributed by atoms with Gasteiger partial charge in [0.1, 0.15) is 0 Å². The van der Waals surface area contributed by atoms with Gasteiger partial charge >= 0.3 is 0 Å². The molecule has 0 saturated carbocycles. The van der Waals surface area contributed by atoms with Crippen LogP contribution in [0, 0.1) is 6.92 Å². The first-order valence-corrected chi connectivity index (χ1v) is 6.06. The van der Waals surface area contributed by atoms with E-state index in [1.807, 2.05) is 13.0 Å². The van der Waals surface area contributed by atoms with E-state index in [1.54, 1.807) is 0 Å². The molecule has 3 nitrogen and oxygen atoms in total. The summed E-state index contributed by atoms with van der Waals surface area (Å²) in [6.45, 7) is 5.30. The molecule has 1 N–H and O–H groups in total. The van der Waals surface area contributed by atoms with Crippen molar-refractivity contribution in [2.45, 2.75) is 25.7 Å². The summed E-state index contributed by atoms with van der Waals surface area (Å²) < 4.78 is 0. The van der Waals surface area contributed by atoms with Crippen LogP contribution in [0.25, 0.3) is 0 Å². The van der Waals surface area contributed by atoms with Gasteiger partial charge in [0.15, 0.2) is 0 Å². The molecule has 1 aliphatic heterocycles. The van der Waals surface area contributed by atoms with E-state index < -0.39 is 0 Å². The summed E-state index contributed by atoms with van der Waals surface area (Å²) in [5, 5.41) is 8.88. The molecule has 3 heteroatoms. The Hall–Kier alpha value is -0.930. The van der Waals surface area contributed by atoms with Crippen LogP contribution in [0.15, 0.2) is 18.2 Å². The summed E-state index contributed by atoms with van der Waals surface area (Å²) in [5.74, 6) is 0.606. The Kier molecular flexibility index (Phi) is 3.91. The maximum atomic E-state index is 8.88. The van der Waals surface area contributed by atoms with Gasteiger partial charge in [0.2, 0.25) is 0 Å². The molecule has 0 aromatic carbocycles. The third-order valence-electron chi connectivity index (χ3n) is 3.33. The lowest BCUT2D eigenvalue weighted by molar-refractivity contribution is 0.163. The molecule has 1 aliphatic rings. The van der Waals surface area contributed by atoms with E-state index in [2.05, 4.69) is 22.0 Å². The number of hydrogen-bond donors (Lipinski definition) is 1. The number of aliphatic hydroxyl groups excluding tert-OH is 1. The number of hydrogen-bond acceptors (Lipinski definition) is 3. The summed E-state index contributed by atoms with van der Waals surface area (Å²) in [4.78, 5) is 6.93. The van der Waals surface area contributed by atoms with E-state index in [0.29, 0.717) is 5.92 Å². The highest BCUT2D eigenvalue weighted by Gasteiger charge is 2.20. The molecule has 1 aromatic rings. The van der Waals surface area contributed by atoms with Crippen molar-refractivity contribution in [2.75, 3.05) is 26.2 Å². The molecule has 0 aliphatic carbocycles. The van der Waals surface area contributed by atoms with E-state index >= 15 is 0 Å². The Bertz CT molecular complexity index is 332. The summed E-state index contributed by atoms with van der Waals surface area (Å²) >= 11 is 0. The van der Waals surface area contributed by atoms with Gasteiger partial charge in [0.25, 0.3) is 0 Å². The number of piperidine rings is 1. The van der Waals surface area contributed by atoms with Crippen LogP contribution in [0.2, 0.25) is 0 Å². The zero-order valence-electron chi connectivity index (χ0n) is 9.89. The smallest absolute Gasteiger partial charge is 0.0558 e. The summed E-state index contributed by atoms with van der Waals surface area (Å²) in [5.41, 5.74) is 2.35. The number of rotatable bonds is 3. The number of aromatic nitrogens is 1. The Morgan fingerprint density at radius 3 is 2.75 bits per heavy atom. The lowest BCUT2D eigenvalue weighted by Crippen LogP contribution is -2.35. The maximum absolute atomic E-state index is 8.88. The molecular formula is C13H20N2O. The van der Waals surface area contributed by atoms with Crippen LogP contribution in [-0.4, -0.2) is 41.2 Å². The van der Waals surface area contributed by atoms with Gasteiger partial charge in [-0.05, 0) is 45.0 Å². The second kappa shape index (κ2) is 5.41. The van der Waals surface area contributed by atoms with Crippen LogP contribution in [0.3, 0.4) is 0 Å². The van der Waals surface area contributed by atoms with Crippen molar-refractivity contribution in [2.24, 2.45) is 0 Å². The molecule has 0 radical (unpaired) electrons. The number of β-amino-alcohol motifs (C(OH)–C–C–N with tert-alkyl or cyclic N) is 1. The molecular weight excluding hydrogens is 200 g/mol. The zero-order valence-corrected chi connectivity index (χ0v) is 9.89. The molecule has 2 rings (SSSR count). The van der Waals surface area contributed by atoms with Crippen LogP contribution >= 0.6 is 0 Å². The number of nitrogens with zero attached hydrogens (tertiary/aromatic N) is 2. The van der Waals surface area contributed by atoms with Crippen molar-refractivity contribution >= 4 is 0 Å². The average Bonchev–Trinajstić information content (AvgIpc) is 2.30. The molecule has 1 aromatic heterocycles. The molecule has 0 atom stereocenters. The van der Waals surface area contributed by atoms with Gasteiger partial charge in [0.05, 0.1) is 6.61 Å². The van der Waals surface area contributed by atoms with Crippen LogP contribution in [-0.2, 0) is 0 Å². The highest BCUT2D eigenvalue weighted by atomic mass is 16.3. The maximum Gasteiger partial charge on any atom is 0.0558 e. The molecule has 2 heterocycles. The Morgan fingerprint density at radius 1 is 1.38 bits per heavy atom. The standard InChI is InChI=1S/C13H20N2O/c1-11-3-2-4-13(14-11)12-5-7-15(8-6-12)9-10-16/h2-4,12,16H,5-10H2,1H3. The molecule has 1 saturated heterocycles. The summed E-state index contributed by atoms with van der Waals surface area (Å²) in [7, 11) is 0. The molecule has 0 amide bonds.